The Balaban J connectivity index is 2.37. The summed E-state index contributed by atoms with van der Waals surface area (Å²) in [7, 11) is 1.57. The van der Waals surface area contributed by atoms with Crippen molar-refractivity contribution in [2.45, 2.75) is 12.8 Å². The van der Waals surface area contributed by atoms with Gasteiger partial charge in [0.05, 0.1) is 13.0 Å². The van der Waals surface area contributed by atoms with Gasteiger partial charge in [-0.1, -0.05) is 12.1 Å². The molecule has 1 aromatic carbocycles. The van der Waals surface area contributed by atoms with E-state index in [1.54, 1.807) is 31.4 Å². The number of benzene rings is 1. The maximum atomic E-state index is 11.4. The molecule has 0 fully saturated rings. The summed E-state index contributed by atoms with van der Waals surface area (Å²) in [5, 5.41) is 9.18. The van der Waals surface area contributed by atoms with Crippen LogP contribution in [0.25, 0.3) is 5.57 Å². The van der Waals surface area contributed by atoms with Crippen molar-refractivity contribution in [2.75, 3.05) is 7.11 Å². The zero-order valence-corrected chi connectivity index (χ0v) is 10.1. The van der Waals surface area contributed by atoms with Crippen LogP contribution < -0.4 is 4.74 Å². The van der Waals surface area contributed by atoms with Gasteiger partial charge in [0.25, 0.3) is 0 Å². The van der Waals surface area contributed by atoms with Crippen molar-refractivity contribution in [1.82, 2.24) is 0 Å². The van der Waals surface area contributed by atoms with E-state index in [-0.39, 0.29) is 5.78 Å². The number of hydrogen-bond acceptors (Lipinski definition) is 3. The SMILES string of the molecule is COc1ccc(C2=CC(=O)CCC2C(=O)O)cc1. The molecule has 18 heavy (non-hydrogen) atoms. The Morgan fingerprint density at radius 1 is 1.33 bits per heavy atom. The predicted octanol–water partition coefficient (Wildman–Crippen LogP) is 2.14. The van der Waals surface area contributed by atoms with Gasteiger partial charge in [0.1, 0.15) is 5.75 Å². The molecule has 0 aliphatic heterocycles. The van der Waals surface area contributed by atoms with Gasteiger partial charge in [0.2, 0.25) is 0 Å². The Hall–Kier alpha value is -2.10. The molecule has 0 bridgehead atoms. The third-order valence-electron chi connectivity index (χ3n) is 3.09. The van der Waals surface area contributed by atoms with Crippen molar-refractivity contribution >= 4 is 17.3 Å². The van der Waals surface area contributed by atoms with Gasteiger partial charge >= 0.3 is 5.97 Å². The standard InChI is InChI=1S/C14H14O4/c1-18-11-5-2-9(3-6-11)13-8-10(15)4-7-12(13)14(16)17/h2-3,5-6,8,12H,4,7H2,1H3,(H,16,17). The van der Waals surface area contributed by atoms with E-state index in [1.807, 2.05) is 0 Å². The highest BCUT2D eigenvalue weighted by Crippen LogP contribution is 2.32. The molecule has 1 atom stereocenters. The van der Waals surface area contributed by atoms with Crippen molar-refractivity contribution in [3.8, 4) is 5.75 Å². The monoisotopic (exact) mass is 246 g/mol. The maximum Gasteiger partial charge on any atom is 0.311 e. The second-order valence-electron chi connectivity index (χ2n) is 4.22. The summed E-state index contributed by atoms with van der Waals surface area (Å²) in [6.07, 6.45) is 2.12. The van der Waals surface area contributed by atoms with E-state index < -0.39 is 11.9 Å². The number of rotatable bonds is 3. The van der Waals surface area contributed by atoms with E-state index >= 15 is 0 Å². The van der Waals surface area contributed by atoms with E-state index in [0.29, 0.717) is 24.2 Å². The lowest BCUT2D eigenvalue weighted by molar-refractivity contribution is -0.140. The van der Waals surface area contributed by atoms with Crippen LogP contribution in [-0.4, -0.2) is 24.0 Å². The van der Waals surface area contributed by atoms with Crippen LogP contribution >= 0.6 is 0 Å². The van der Waals surface area contributed by atoms with Crippen LogP contribution in [-0.2, 0) is 9.59 Å². The highest BCUT2D eigenvalue weighted by atomic mass is 16.5. The van der Waals surface area contributed by atoms with Crippen LogP contribution in [0.1, 0.15) is 18.4 Å². The van der Waals surface area contributed by atoms with Crippen LogP contribution in [0.15, 0.2) is 30.3 Å². The zero-order valence-electron chi connectivity index (χ0n) is 10.1. The van der Waals surface area contributed by atoms with Gasteiger partial charge < -0.3 is 9.84 Å². The fourth-order valence-corrected chi connectivity index (χ4v) is 2.11. The fourth-order valence-electron chi connectivity index (χ4n) is 2.11. The number of carboxylic acids is 1. The van der Waals surface area contributed by atoms with Crippen LogP contribution in [0.5, 0.6) is 5.75 Å². The summed E-state index contributed by atoms with van der Waals surface area (Å²) in [5.41, 5.74) is 1.35. The second-order valence-corrected chi connectivity index (χ2v) is 4.22. The summed E-state index contributed by atoms with van der Waals surface area (Å²) in [6.45, 7) is 0. The first kappa shape index (κ1) is 12.4. The minimum Gasteiger partial charge on any atom is -0.497 e. The van der Waals surface area contributed by atoms with Crippen LogP contribution in [0.3, 0.4) is 0 Å². The average molecular weight is 246 g/mol. The third-order valence-corrected chi connectivity index (χ3v) is 3.09. The summed E-state index contributed by atoms with van der Waals surface area (Å²) < 4.78 is 5.05. The smallest absolute Gasteiger partial charge is 0.311 e. The molecule has 0 amide bonds. The molecule has 0 saturated heterocycles. The molecule has 0 radical (unpaired) electrons. The average Bonchev–Trinajstić information content (AvgIpc) is 2.38. The lowest BCUT2D eigenvalue weighted by Gasteiger charge is -2.20. The summed E-state index contributed by atoms with van der Waals surface area (Å²) in [4.78, 5) is 22.6. The Morgan fingerprint density at radius 2 is 2.00 bits per heavy atom. The number of ether oxygens (including phenoxy) is 1. The molecule has 1 aromatic rings. The molecule has 94 valence electrons. The van der Waals surface area contributed by atoms with Gasteiger partial charge in [-0.05, 0) is 35.8 Å². The summed E-state index contributed by atoms with van der Waals surface area (Å²) in [5.74, 6) is -0.799. The quantitative estimate of drug-likeness (QED) is 0.887. The molecule has 1 aliphatic rings. The number of methoxy groups -OCH3 is 1. The van der Waals surface area contributed by atoms with E-state index in [2.05, 4.69) is 0 Å². The lowest BCUT2D eigenvalue weighted by atomic mass is 9.83. The number of aliphatic carboxylic acids is 1. The van der Waals surface area contributed by atoms with E-state index in [1.165, 1.54) is 6.08 Å². The topological polar surface area (TPSA) is 63.6 Å². The highest BCUT2D eigenvalue weighted by Gasteiger charge is 2.28. The fraction of sp³-hybridized carbons (Fsp3) is 0.286. The van der Waals surface area contributed by atoms with Gasteiger partial charge in [0, 0.05) is 6.42 Å². The molecular formula is C14H14O4. The Bertz CT molecular complexity index is 499. The highest BCUT2D eigenvalue weighted by molar-refractivity contribution is 6.03. The summed E-state index contributed by atoms with van der Waals surface area (Å²) in [6, 6.07) is 7.07. The van der Waals surface area contributed by atoms with Gasteiger partial charge in [0.15, 0.2) is 5.78 Å². The molecule has 2 rings (SSSR count). The normalized spacial score (nSPS) is 19.3. The van der Waals surface area contributed by atoms with E-state index in [4.69, 9.17) is 4.74 Å². The molecule has 0 saturated carbocycles. The van der Waals surface area contributed by atoms with Crippen molar-refractivity contribution in [3.05, 3.63) is 35.9 Å². The summed E-state index contributed by atoms with van der Waals surface area (Å²) >= 11 is 0. The number of carboxylic acid groups (broad SMARTS) is 1. The van der Waals surface area contributed by atoms with Gasteiger partial charge in [-0.3, -0.25) is 9.59 Å². The van der Waals surface area contributed by atoms with Crippen molar-refractivity contribution in [3.63, 3.8) is 0 Å². The largest absolute Gasteiger partial charge is 0.497 e. The molecule has 0 spiro atoms. The van der Waals surface area contributed by atoms with Crippen LogP contribution in [0.4, 0.5) is 0 Å². The first-order valence-corrected chi connectivity index (χ1v) is 5.73. The van der Waals surface area contributed by atoms with Crippen molar-refractivity contribution in [1.29, 1.82) is 0 Å². The van der Waals surface area contributed by atoms with Crippen molar-refractivity contribution < 1.29 is 19.4 Å². The first-order chi connectivity index (χ1) is 8.61. The Kier molecular flexibility index (Phi) is 3.46. The van der Waals surface area contributed by atoms with E-state index in [0.717, 1.165) is 5.56 Å². The maximum absolute atomic E-state index is 11.4. The number of ketones is 1. The van der Waals surface area contributed by atoms with Crippen molar-refractivity contribution in [2.24, 2.45) is 5.92 Å². The van der Waals surface area contributed by atoms with Crippen LogP contribution in [0.2, 0.25) is 0 Å². The molecule has 1 N–H and O–H groups in total. The molecule has 1 unspecified atom stereocenters. The number of hydrogen-bond donors (Lipinski definition) is 1. The zero-order chi connectivity index (χ0) is 13.1. The van der Waals surface area contributed by atoms with Crippen LogP contribution in [0, 0.1) is 5.92 Å². The minimum atomic E-state index is -0.885. The number of allylic oxidation sites excluding steroid dienone is 1. The number of carbonyl (C=O) groups is 2. The predicted molar refractivity (Wildman–Crippen MR) is 66.3 cm³/mol. The second kappa shape index (κ2) is 5.04. The molecule has 4 heteroatoms. The molecule has 0 aromatic heterocycles. The molecular weight excluding hydrogens is 232 g/mol. The number of carbonyl (C=O) groups excluding carboxylic acids is 1. The molecule has 1 aliphatic carbocycles. The van der Waals surface area contributed by atoms with Gasteiger partial charge in [-0.25, -0.2) is 0 Å². The van der Waals surface area contributed by atoms with E-state index in [9.17, 15) is 14.7 Å². The molecule has 0 heterocycles. The third kappa shape index (κ3) is 2.42. The van der Waals surface area contributed by atoms with Gasteiger partial charge in [-0.2, -0.15) is 0 Å². The Labute approximate surface area is 105 Å². The first-order valence-electron chi connectivity index (χ1n) is 5.73. The molecule has 4 nitrogen and oxygen atoms in total. The lowest BCUT2D eigenvalue weighted by Crippen LogP contribution is -2.21. The minimum absolute atomic E-state index is 0.0154. The Morgan fingerprint density at radius 3 is 2.56 bits per heavy atom. The van der Waals surface area contributed by atoms with Gasteiger partial charge in [-0.15, -0.1) is 0 Å².